The van der Waals surface area contributed by atoms with Crippen molar-refractivity contribution < 1.29 is 14.7 Å². The predicted octanol–water partition coefficient (Wildman–Crippen LogP) is -0.0109. The van der Waals surface area contributed by atoms with E-state index in [1.807, 2.05) is 0 Å². The summed E-state index contributed by atoms with van der Waals surface area (Å²) in [7, 11) is 0. The first-order valence-electron chi connectivity index (χ1n) is 3.53. The van der Waals surface area contributed by atoms with E-state index in [1.165, 1.54) is 6.92 Å². The summed E-state index contributed by atoms with van der Waals surface area (Å²) in [6.45, 7) is 1.40. The molecule has 0 saturated carbocycles. The Kier molecular flexibility index (Phi) is 4.54. The molecule has 0 bridgehead atoms. The predicted molar refractivity (Wildman–Crippen MR) is 43.3 cm³/mol. The fourth-order valence-corrected chi connectivity index (χ4v) is 0.561. The van der Waals surface area contributed by atoms with Crippen LogP contribution in [0.15, 0.2) is 0 Å². The Hall–Kier alpha value is -1.50. The highest BCUT2D eigenvalue weighted by Gasteiger charge is 2.12. The molecule has 4 heteroatoms. The van der Waals surface area contributed by atoms with Gasteiger partial charge in [0.25, 0.3) is 0 Å². The fourth-order valence-electron chi connectivity index (χ4n) is 0.561. The smallest absolute Gasteiger partial charge is 0.325 e. The van der Waals surface area contributed by atoms with Crippen LogP contribution in [0.1, 0.15) is 19.8 Å². The van der Waals surface area contributed by atoms with E-state index in [1.54, 1.807) is 0 Å². The van der Waals surface area contributed by atoms with E-state index >= 15 is 0 Å². The number of hydrogen-bond donors (Lipinski definition) is 2. The summed E-state index contributed by atoms with van der Waals surface area (Å²) in [5, 5.41) is 10.7. The molecule has 1 atom stereocenters. The molecule has 0 rings (SSSR count). The van der Waals surface area contributed by atoms with Crippen molar-refractivity contribution in [3.63, 3.8) is 0 Å². The molecule has 0 saturated heterocycles. The van der Waals surface area contributed by atoms with Crippen LogP contribution in [-0.4, -0.2) is 23.0 Å². The largest absolute Gasteiger partial charge is 0.480 e. The molecule has 0 aliphatic heterocycles. The second kappa shape index (κ2) is 5.19. The van der Waals surface area contributed by atoms with E-state index in [9.17, 15) is 9.59 Å². The van der Waals surface area contributed by atoms with Gasteiger partial charge in [0, 0.05) is 12.8 Å². The van der Waals surface area contributed by atoms with Crippen LogP contribution in [0.2, 0.25) is 0 Å². The summed E-state index contributed by atoms with van der Waals surface area (Å²) in [6.07, 6.45) is 5.43. The maximum absolute atomic E-state index is 10.8. The lowest BCUT2D eigenvalue weighted by molar-refractivity contribution is -0.141. The van der Waals surface area contributed by atoms with Crippen molar-refractivity contribution in [1.29, 1.82) is 0 Å². The minimum Gasteiger partial charge on any atom is -0.480 e. The van der Waals surface area contributed by atoms with Gasteiger partial charge in [-0.1, -0.05) is 0 Å². The number of amides is 1. The summed E-state index contributed by atoms with van der Waals surface area (Å²) in [6, 6.07) is -0.852. The third-order valence-electron chi connectivity index (χ3n) is 1.24. The number of carboxylic acids is 1. The summed E-state index contributed by atoms with van der Waals surface area (Å²) < 4.78 is 0. The highest BCUT2D eigenvalue weighted by atomic mass is 16.4. The number of carboxylic acid groups (broad SMARTS) is 1. The monoisotopic (exact) mass is 169 g/mol. The normalized spacial score (nSPS) is 11.3. The van der Waals surface area contributed by atoms with Gasteiger partial charge in [-0.3, -0.25) is 9.59 Å². The molecule has 4 nitrogen and oxygen atoms in total. The first kappa shape index (κ1) is 10.5. The Bertz CT molecular complexity index is 217. The molecule has 0 radical (unpaired) electrons. The molecule has 0 aromatic rings. The van der Waals surface area contributed by atoms with Gasteiger partial charge in [-0.15, -0.1) is 12.3 Å². The van der Waals surface area contributed by atoms with Gasteiger partial charge < -0.3 is 10.4 Å². The standard InChI is InChI=1S/C8H11NO3/c1-3-4-5-7(10)9-6(2)8(11)12/h1,6H,4-5H2,2H3,(H,9,10)(H,11,12)/t6-/m0/s1. The third-order valence-corrected chi connectivity index (χ3v) is 1.24. The molecular weight excluding hydrogens is 158 g/mol. The van der Waals surface area contributed by atoms with Gasteiger partial charge in [0.2, 0.25) is 5.91 Å². The third kappa shape index (κ3) is 4.34. The number of hydrogen-bond acceptors (Lipinski definition) is 2. The topological polar surface area (TPSA) is 66.4 Å². The zero-order valence-corrected chi connectivity index (χ0v) is 6.83. The molecule has 0 unspecified atom stereocenters. The van der Waals surface area contributed by atoms with Gasteiger partial charge in [-0.05, 0) is 6.92 Å². The van der Waals surface area contributed by atoms with E-state index in [2.05, 4.69) is 11.2 Å². The molecule has 0 aromatic heterocycles. The van der Waals surface area contributed by atoms with Crippen LogP contribution in [0.3, 0.4) is 0 Å². The van der Waals surface area contributed by atoms with Gasteiger partial charge in [0.05, 0.1) is 0 Å². The van der Waals surface area contributed by atoms with Gasteiger partial charge in [0.15, 0.2) is 0 Å². The molecule has 12 heavy (non-hydrogen) atoms. The zero-order chi connectivity index (χ0) is 9.56. The van der Waals surface area contributed by atoms with Crippen LogP contribution in [0.4, 0.5) is 0 Å². The van der Waals surface area contributed by atoms with Gasteiger partial charge in [0.1, 0.15) is 6.04 Å². The van der Waals surface area contributed by atoms with E-state index in [0.717, 1.165) is 0 Å². The molecule has 0 heterocycles. The molecule has 1 amide bonds. The minimum absolute atomic E-state index is 0.175. The Balaban J connectivity index is 3.71. The molecular formula is C8H11NO3. The Morgan fingerprint density at radius 3 is 2.67 bits per heavy atom. The SMILES string of the molecule is C#CCCC(=O)N[C@@H](C)C(=O)O. The molecule has 0 aliphatic rings. The quantitative estimate of drug-likeness (QED) is 0.581. The van der Waals surface area contributed by atoms with Crippen molar-refractivity contribution in [1.82, 2.24) is 5.32 Å². The van der Waals surface area contributed by atoms with Crippen LogP contribution in [0.25, 0.3) is 0 Å². The number of aliphatic carboxylic acids is 1. The number of carbonyl (C=O) groups excluding carboxylic acids is 1. The van der Waals surface area contributed by atoms with Crippen molar-refractivity contribution in [3.8, 4) is 12.3 Å². The molecule has 2 N–H and O–H groups in total. The van der Waals surface area contributed by atoms with Crippen molar-refractivity contribution in [2.45, 2.75) is 25.8 Å². The minimum atomic E-state index is -1.05. The maximum Gasteiger partial charge on any atom is 0.325 e. The second-order valence-corrected chi connectivity index (χ2v) is 2.33. The second-order valence-electron chi connectivity index (χ2n) is 2.33. The maximum atomic E-state index is 10.8. The molecule has 0 spiro atoms. The molecule has 0 aromatic carbocycles. The average molecular weight is 169 g/mol. The van der Waals surface area contributed by atoms with Gasteiger partial charge >= 0.3 is 5.97 Å². The highest BCUT2D eigenvalue weighted by Crippen LogP contribution is 1.88. The first-order valence-corrected chi connectivity index (χ1v) is 3.53. The number of terminal acetylenes is 1. The van der Waals surface area contributed by atoms with Crippen LogP contribution < -0.4 is 5.32 Å². The van der Waals surface area contributed by atoms with E-state index in [-0.39, 0.29) is 12.3 Å². The summed E-state index contributed by atoms with van der Waals surface area (Å²) in [4.78, 5) is 21.1. The number of carbonyl (C=O) groups is 2. The van der Waals surface area contributed by atoms with Crippen LogP contribution >= 0.6 is 0 Å². The van der Waals surface area contributed by atoms with Crippen molar-refractivity contribution >= 4 is 11.9 Å². The number of rotatable bonds is 4. The van der Waals surface area contributed by atoms with Crippen LogP contribution in [0.5, 0.6) is 0 Å². The highest BCUT2D eigenvalue weighted by molar-refractivity contribution is 5.83. The van der Waals surface area contributed by atoms with Gasteiger partial charge in [-0.2, -0.15) is 0 Å². The Morgan fingerprint density at radius 2 is 2.25 bits per heavy atom. The summed E-state index contributed by atoms with van der Waals surface area (Å²) in [5.74, 6) is 0.910. The summed E-state index contributed by atoms with van der Waals surface area (Å²) in [5.41, 5.74) is 0. The van der Waals surface area contributed by atoms with Crippen molar-refractivity contribution in [2.75, 3.05) is 0 Å². The molecule has 0 aliphatic carbocycles. The lowest BCUT2D eigenvalue weighted by atomic mass is 10.2. The first-order chi connectivity index (χ1) is 5.57. The molecule has 66 valence electrons. The Morgan fingerprint density at radius 1 is 1.67 bits per heavy atom. The van der Waals surface area contributed by atoms with Gasteiger partial charge in [-0.25, -0.2) is 0 Å². The van der Waals surface area contributed by atoms with E-state index in [4.69, 9.17) is 11.5 Å². The zero-order valence-electron chi connectivity index (χ0n) is 6.83. The fraction of sp³-hybridized carbons (Fsp3) is 0.500. The van der Waals surface area contributed by atoms with Crippen LogP contribution in [0, 0.1) is 12.3 Å². The number of nitrogens with one attached hydrogen (secondary N) is 1. The van der Waals surface area contributed by atoms with Crippen LogP contribution in [-0.2, 0) is 9.59 Å². The lowest BCUT2D eigenvalue weighted by Crippen LogP contribution is -2.38. The van der Waals surface area contributed by atoms with Crippen molar-refractivity contribution in [2.24, 2.45) is 0 Å². The van der Waals surface area contributed by atoms with E-state index < -0.39 is 12.0 Å². The molecule has 0 fully saturated rings. The Labute approximate surface area is 71.0 Å². The average Bonchev–Trinajstić information content (AvgIpc) is 2.00. The lowest BCUT2D eigenvalue weighted by Gasteiger charge is -2.07. The van der Waals surface area contributed by atoms with E-state index in [0.29, 0.717) is 6.42 Å². The van der Waals surface area contributed by atoms with Crippen molar-refractivity contribution in [3.05, 3.63) is 0 Å². The summed E-state index contributed by atoms with van der Waals surface area (Å²) >= 11 is 0.